The maximum Gasteiger partial charge on any atom is 0.0492 e. The third kappa shape index (κ3) is 1.99. The van der Waals surface area contributed by atoms with Gasteiger partial charge < -0.3 is 5.11 Å². The fourth-order valence-electron chi connectivity index (χ4n) is 4.54. The molecule has 0 spiro atoms. The molecular weight excluding hydrogens is 220 g/mol. The van der Waals surface area contributed by atoms with E-state index in [0.29, 0.717) is 12.5 Å². The monoisotopic (exact) mass is 244 g/mol. The fraction of sp³-hybridized carbons (Fsp3) is 0.647. The van der Waals surface area contributed by atoms with E-state index in [4.69, 9.17) is 0 Å². The standard InChI is InChI=1S/C17H24O/c18-13-17-11-5-4-8-15(17)9-10-16(17)12-14-6-2-1-3-7-14/h1-3,6-7,15-16,18H,4-5,8-13H2. The zero-order chi connectivity index (χ0) is 12.4. The van der Waals surface area contributed by atoms with Crippen molar-refractivity contribution in [2.75, 3.05) is 6.61 Å². The van der Waals surface area contributed by atoms with Crippen LogP contribution in [0.5, 0.6) is 0 Å². The van der Waals surface area contributed by atoms with E-state index in [-0.39, 0.29) is 5.41 Å². The summed E-state index contributed by atoms with van der Waals surface area (Å²) in [5.74, 6) is 1.50. The van der Waals surface area contributed by atoms with Crippen LogP contribution in [0.4, 0.5) is 0 Å². The molecule has 1 aromatic carbocycles. The summed E-state index contributed by atoms with van der Waals surface area (Å²) >= 11 is 0. The smallest absolute Gasteiger partial charge is 0.0492 e. The minimum absolute atomic E-state index is 0.258. The normalized spacial score (nSPS) is 35.4. The summed E-state index contributed by atoms with van der Waals surface area (Å²) in [7, 11) is 0. The third-order valence-corrected chi connectivity index (χ3v) is 5.55. The lowest BCUT2D eigenvalue weighted by molar-refractivity contribution is 0.00910. The van der Waals surface area contributed by atoms with Crippen LogP contribution in [-0.2, 0) is 6.42 Å². The molecule has 3 rings (SSSR count). The van der Waals surface area contributed by atoms with Crippen LogP contribution in [0, 0.1) is 17.3 Å². The molecule has 98 valence electrons. The van der Waals surface area contributed by atoms with Gasteiger partial charge in [-0.3, -0.25) is 0 Å². The van der Waals surface area contributed by atoms with E-state index in [1.807, 2.05) is 0 Å². The molecule has 1 aromatic rings. The van der Waals surface area contributed by atoms with Crippen LogP contribution in [0.25, 0.3) is 0 Å². The average molecular weight is 244 g/mol. The topological polar surface area (TPSA) is 20.2 Å². The Hall–Kier alpha value is -0.820. The second-order valence-corrected chi connectivity index (χ2v) is 6.30. The Morgan fingerprint density at radius 3 is 2.67 bits per heavy atom. The first-order chi connectivity index (χ1) is 8.85. The molecule has 3 atom stereocenters. The molecule has 1 nitrogen and oxygen atoms in total. The summed E-state index contributed by atoms with van der Waals surface area (Å²) in [6, 6.07) is 10.8. The number of benzene rings is 1. The van der Waals surface area contributed by atoms with Crippen molar-refractivity contribution in [1.82, 2.24) is 0 Å². The Kier molecular flexibility index (Phi) is 3.43. The lowest BCUT2D eigenvalue weighted by atomic mass is 9.63. The van der Waals surface area contributed by atoms with Crippen molar-refractivity contribution in [3.8, 4) is 0 Å². The predicted octanol–water partition coefficient (Wildman–Crippen LogP) is 3.81. The molecule has 0 aromatic heterocycles. The Labute approximate surface area is 110 Å². The number of rotatable bonds is 3. The minimum Gasteiger partial charge on any atom is -0.396 e. The summed E-state index contributed by atoms with van der Waals surface area (Å²) < 4.78 is 0. The quantitative estimate of drug-likeness (QED) is 0.857. The van der Waals surface area contributed by atoms with E-state index in [9.17, 15) is 5.11 Å². The van der Waals surface area contributed by atoms with E-state index < -0.39 is 0 Å². The van der Waals surface area contributed by atoms with E-state index in [0.717, 1.165) is 12.3 Å². The zero-order valence-corrected chi connectivity index (χ0v) is 11.1. The van der Waals surface area contributed by atoms with Gasteiger partial charge in [-0.25, -0.2) is 0 Å². The molecule has 0 amide bonds. The summed E-state index contributed by atoms with van der Waals surface area (Å²) in [4.78, 5) is 0. The Balaban J connectivity index is 1.79. The number of hydrogen-bond donors (Lipinski definition) is 1. The molecule has 2 saturated carbocycles. The maximum atomic E-state index is 10.0. The summed E-state index contributed by atoms with van der Waals surface area (Å²) in [6.45, 7) is 0.412. The summed E-state index contributed by atoms with van der Waals surface area (Å²) in [5.41, 5.74) is 1.70. The molecule has 0 aliphatic heterocycles. The molecular formula is C17H24O. The number of hydrogen-bond acceptors (Lipinski definition) is 1. The van der Waals surface area contributed by atoms with Gasteiger partial charge in [-0.2, -0.15) is 0 Å². The molecule has 0 heterocycles. The van der Waals surface area contributed by atoms with Crippen molar-refractivity contribution in [3.05, 3.63) is 35.9 Å². The molecule has 18 heavy (non-hydrogen) atoms. The second kappa shape index (κ2) is 5.05. The molecule has 2 aliphatic rings. The van der Waals surface area contributed by atoms with E-state index in [1.54, 1.807) is 0 Å². The highest BCUT2D eigenvalue weighted by molar-refractivity contribution is 5.17. The first-order valence-corrected chi connectivity index (χ1v) is 7.50. The van der Waals surface area contributed by atoms with E-state index in [1.165, 1.54) is 44.1 Å². The SMILES string of the molecule is OCC12CCCCC1CCC2Cc1ccccc1. The van der Waals surface area contributed by atoms with Crippen molar-refractivity contribution in [2.45, 2.75) is 44.9 Å². The van der Waals surface area contributed by atoms with Crippen LogP contribution >= 0.6 is 0 Å². The molecule has 0 saturated heterocycles. The fourth-order valence-corrected chi connectivity index (χ4v) is 4.54. The van der Waals surface area contributed by atoms with Gasteiger partial charge in [-0.05, 0) is 54.9 Å². The van der Waals surface area contributed by atoms with Crippen LogP contribution in [-0.4, -0.2) is 11.7 Å². The van der Waals surface area contributed by atoms with Gasteiger partial charge in [0.2, 0.25) is 0 Å². The van der Waals surface area contributed by atoms with E-state index >= 15 is 0 Å². The highest BCUT2D eigenvalue weighted by Crippen LogP contribution is 2.56. The molecule has 2 aliphatic carbocycles. The molecule has 0 radical (unpaired) electrons. The lowest BCUT2D eigenvalue weighted by Crippen LogP contribution is -2.39. The van der Waals surface area contributed by atoms with Gasteiger partial charge in [-0.15, -0.1) is 0 Å². The van der Waals surface area contributed by atoms with Gasteiger partial charge in [0.25, 0.3) is 0 Å². The molecule has 3 unspecified atom stereocenters. The summed E-state index contributed by atoms with van der Waals surface area (Å²) in [6.07, 6.45) is 9.14. The Bertz CT molecular complexity index is 386. The maximum absolute atomic E-state index is 10.0. The number of fused-ring (bicyclic) bond motifs is 1. The highest BCUT2D eigenvalue weighted by Gasteiger charge is 2.49. The number of aliphatic hydroxyl groups is 1. The van der Waals surface area contributed by atoms with E-state index in [2.05, 4.69) is 30.3 Å². The van der Waals surface area contributed by atoms with Crippen molar-refractivity contribution >= 4 is 0 Å². The number of aliphatic hydroxyl groups excluding tert-OH is 1. The Morgan fingerprint density at radius 2 is 1.89 bits per heavy atom. The van der Waals surface area contributed by atoms with Gasteiger partial charge >= 0.3 is 0 Å². The largest absolute Gasteiger partial charge is 0.396 e. The van der Waals surface area contributed by atoms with Gasteiger partial charge in [0.15, 0.2) is 0 Å². The van der Waals surface area contributed by atoms with Crippen molar-refractivity contribution in [3.63, 3.8) is 0 Å². The molecule has 0 bridgehead atoms. The highest BCUT2D eigenvalue weighted by atomic mass is 16.3. The second-order valence-electron chi connectivity index (χ2n) is 6.30. The zero-order valence-electron chi connectivity index (χ0n) is 11.1. The molecule has 2 fully saturated rings. The van der Waals surface area contributed by atoms with Crippen LogP contribution < -0.4 is 0 Å². The minimum atomic E-state index is 0.258. The van der Waals surface area contributed by atoms with Crippen LogP contribution in [0.2, 0.25) is 0 Å². The predicted molar refractivity (Wildman–Crippen MR) is 74.3 cm³/mol. The summed E-state index contributed by atoms with van der Waals surface area (Å²) in [5, 5.41) is 10.0. The lowest BCUT2D eigenvalue weighted by Gasteiger charge is -2.42. The third-order valence-electron chi connectivity index (χ3n) is 5.55. The van der Waals surface area contributed by atoms with Crippen LogP contribution in [0.1, 0.15) is 44.1 Å². The van der Waals surface area contributed by atoms with Crippen LogP contribution in [0.15, 0.2) is 30.3 Å². The molecule has 1 N–H and O–H groups in total. The van der Waals surface area contributed by atoms with Gasteiger partial charge in [0.05, 0.1) is 0 Å². The first-order valence-electron chi connectivity index (χ1n) is 7.50. The molecule has 1 heteroatoms. The van der Waals surface area contributed by atoms with Crippen molar-refractivity contribution < 1.29 is 5.11 Å². The average Bonchev–Trinajstić information content (AvgIpc) is 2.80. The van der Waals surface area contributed by atoms with Crippen LogP contribution in [0.3, 0.4) is 0 Å². The first kappa shape index (κ1) is 12.2. The van der Waals surface area contributed by atoms with Gasteiger partial charge in [-0.1, -0.05) is 43.2 Å². The van der Waals surface area contributed by atoms with Crippen molar-refractivity contribution in [1.29, 1.82) is 0 Å². The van der Waals surface area contributed by atoms with Gasteiger partial charge in [0, 0.05) is 6.61 Å². The van der Waals surface area contributed by atoms with Gasteiger partial charge in [0.1, 0.15) is 0 Å². The Morgan fingerprint density at radius 1 is 1.06 bits per heavy atom. The van der Waals surface area contributed by atoms with Crippen molar-refractivity contribution in [2.24, 2.45) is 17.3 Å².